The van der Waals surface area contributed by atoms with Crippen LogP contribution in [0, 0.1) is 13.8 Å². The highest BCUT2D eigenvalue weighted by atomic mass is 16.6. The maximum atomic E-state index is 12.6. The molecule has 0 radical (unpaired) electrons. The second-order valence-electron chi connectivity index (χ2n) is 5.19. The molecule has 116 valence electrons. The summed E-state index contributed by atoms with van der Waals surface area (Å²) in [5, 5.41) is 7.66. The van der Waals surface area contributed by atoms with E-state index in [0.29, 0.717) is 42.1 Å². The lowest BCUT2D eigenvalue weighted by Gasteiger charge is -2.22. The maximum Gasteiger partial charge on any atom is 0.254 e. The summed E-state index contributed by atoms with van der Waals surface area (Å²) in [4.78, 5) is 14.1. The zero-order valence-electron chi connectivity index (χ0n) is 12.8. The highest BCUT2D eigenvalue weighted by Crippen LogP contribution is 2.33. The average Bonchev–Trinajstić information content (AvgIpc) is 2.91. The molecule has 2 aromatic rings. The Kier molecular flexibility index (Phi) is 3.70. The van der Waals surface area contributed by atoms with E-state index in [1.165, 1.54) is 4.90 Å². The molecule has 0 saturated heterocycles. The fourth-order valence-corrected chi connectivity index (χ4v) is 2.30. The van der Waals surface area contributed by atoms with Crippen LogP contribution in [-0.4, -0.2) is 41.3 Å². The molecule has 0 bridgehead atoms. The van der Waals surface area contributed by atoms with Crippen LogP contribution in [0.5, 0.6) is 11.5 Å². The van der Waals surface area contributed by atoms with Crippen LogP contribution in [0.25, 0.3) is 0 Å². The number of aromatic nitrogens is 2. The van der Waals surface area contributed by atoms with Crippen LogP contribution < -0.4 is 9.47 Å². The van der Waals surface area contributed by atoms with Crippen molar-refractivity contribution in [3.63, 3.8) is 0 Å². The highest BCUT2D eigenvalue weighted by molar-refractivity contribution is 5.96. The van der Waals surface area contributed by atoms with E-state index in [4.69, 9.17) is 13.9 Å². The number of hydrogen-bond acceptors (Lipinski definition) is 6. The molecule has 0 unspecified atom stereocenters. The van der Waals surface area contributed by atoms with E-state index >= 15 is 0 Å². The number of rotatable bonds is 3. The van der Waals surface area contributed by atoms with Gasteiger partial charge in [-0.2, -0.15) is 0 Å². The van der Waals surface area contributed by atoms with E-state index in [-0.39, 0.29) is 12.5 Å². The summed E-state index contributed by atoms with van der Waals surface area (Å²) < 4.78 is 16.3. The van der Waals surface area contributed by atoms with Crippen LogP contribution in [0.4, 0.5) is 0 Å². The van der Waals surface area contributed by atoms with Gasteiger partial charge in [-0.3, -0.25) is 4.79 Å². The summed E-state index contributed by atoms with van der Waals surface area (Å²) in [5.74, 6) is 2.03. The fourth-order valence-electron chi connectivity index (χ4n) is 2.30. The first-order valence-electron chi connectivity index (χ1n) is 6.99. The summed E-state index contributed by atoms with van der Waals surface area (Å²) in [5.41, 5.74) is 1.41. The van der Waals surface area contributed by atoms with Gasteiger partial charge in [-0.25, -0.2) is 0 Å². The van der Waals surface area contributed by atoms with Gasteiger partial charge in [0.25, 0.3) is 5.91 Å². The predicted octanol–water partition coefficient (Wildman–Crippen LogP) is 1.73. The number of amides is 1. The van der Waals surface area contributed by atoms with Crippen LogP contribution in [-0.2, 0) is 6.54 Å². The molecule has 0 atom stereocenters. The maximum absolute atomic E-state index is 12.6. The van der Waals surface area contributed by atoms with Gasteiger partial charge in [0, 0.05) is 19.5 Å². The Morgan fingerprint density at radius 3 is 2.50 bits per heavy atom. The molecule has 7 heteroatoms. The Bertz CT molecular complexity index is 711. The van der Waals surface area contributed by atoms with Gasteiger partial charge >= 0.3 is 0 Å². The average molecular weight is 303 g/mol. The zero-order chi connectivity index (χ0) is 15.7. The van der Waals surface area contributed by atoms with Gasteiger partial charge in [0.2, 0.25) is 11.8 Å². The Hall–Kier alpha value is -2.57. The van der Waals surface area contributed by atoms with Gasteiger partial charge < -0.3 is 18.8 Å². The third-order valence-electron chi connectivity index (χ3n) is 3.41. The molecule has 1 aromatic heterocycles. The van der Waals surface area contributed by atoms with Crippen molar-refractivity contribution in [1.29, 1.82) is 0 Å². The summed E-state index contributed by atoms with van der Waals surface area (Å²) in [6, 6.07) is 3.55. The second-order valence-corrected chi connectivity index (χ2v) is 5.19. The topological polar surface area (TPSA) is 77.7 Å². The minimum atomic E-state index is -0.134. The van der Waals surface area contributed by atoms with Crippen LogP contribution in [0.1, 0.15) is 27.7 Å². The van der Waals surface area contributed by atoms with Crippen molar-refractivity contribution in [2.45, 2.75) is 20.4 Å². The minimum absolute atomic E-state index is 0.134. The molecule has 0 fully saturated rings. The van der Waals surface area contributed by atoms with Crippen molar-refractivity contribution in [2.24, 2.45) is 0 Å². The summed E-state index contributed by atoms with van der Waals surface area (Å²) in [6.07, 6.45) is 0. The molecular weight excluding hydrogens is 286 g/mol. The number of aryl methyl sites for hydroxylation is 2. The van der Waals surface area contributed by atoms with Crippen molar-refractivity contribution in [3.05, 3.63) is 35.0 Å². The number of ether oxygens (including phenoxy) is 2. The van der Waals surface area contributed by atoms with Crippen LogP contribution in [0.2, 0.25) is 0 Å². The molecule has 1 aliphatic rings. The largest absolute Gasteiger partial charge is 0.486 e. The van der Waals surface area contributed by atoms with E-state index in [1.54, 1.807) is 20.0 Å². The van der Waals surface area contributed by atoms with E-state index in [2.05, 4.69) is 10.2 Å². The highest BCUT2D eigenvalue weighted by Gasteiger charge is 2.21. The van der Waals surface area contributed by atoms with E-state index in [9.17, 15) is 4.79 Å². The van der Waals surface area contributed by atoms with Gasteiger partial charge in [-0.05, 0) is 24.6 Å². The molecule has 7 nitrogen and oxygen atoms in total. The number of fused-ring (bicyclic) bond motifs is 1. The zero-order valence-corrected chi connectivity index (χ0v) is 12.8. The molecule has 0 spiro atoms. The van der Waals surface area contributed by atoms with Crippen LogP contribution in [0.15, 0.2) is 16.5 Å². The van der Waals surface area contributed by atoms with Crippen molar-refractivity contribution in [1.82, 2.24) is 15.1 Å². The molecule has 0 N–H and O–H groups in total. The lowest BCUT2D eigenvalue weighted by atomic mass is 10.1. The third-order valence-corrected chi connectivity index (χ3v) is 3.41. The Balaban J connectivity index is 1.82. The predicted molar refractivity (Wildman–Crippen MR) is 77.0 cm³/mol. The summed E-state index contributed by atoms with van der Waals surface area (Å²) in [6.45, 7) is 4.85. The first kappa shape index (κ1) is 14.4. The molecule has 2 heterocycles. The number of hydrogen-bond donors (Lipinski definition) is 0. The number of carbonyl (C=O) groups excluding carboxylic acids is 1. The molecule has 3 rings (SSSR count). The van der Waals surface area contributed by atoms with E-state index < -0.39 is 0 Å². The van der Waals surface area contributed by atoms with Crippen LogP contribution in [0.3, 0.4) is 0 Å². The van der Waals surface area contributed by atoms with Gasteiger partial charge in [-0.1, -0.05) is 0 Å². The standard InChI is InChI=1S/C15H17N3O4/c1-9-6-12-13(21-5-4-20-12)7-11(9)15(19)18(3)8-14-17-16-10(2)22-14/h6-7H,4-5,8H2,1-3H3. The lowest BCUT2D eigenvalue weighted by Crippen LogP contribution is -2.27. The second kappa shape index (κ2) is 5.67. The molecule has 1 amide bonds. The quantitative estimate of drug-likeness (QED) is 0.859. The van der Waals surface area contributed by atoms with E-state index in [0.717, 1.165) is 5.56 Å². The van der Waals surface area contributed by atoms with Gasteiger partial charge in [0.15, 0.2) is 11.5 Å². The van der Waals surface area contributed by atoms with Gasteiger partial charge in [-0.15, -0.1) is 10.2 Å². The number of nitrogens with zero attached hydrogens (tertiary/aromatic N) is 3. The van der Waals surface area contributed by atoms with Crippen molar-refractivity contribution >= 4 is 5.91 Å². The Morgan fingerprint density at radius 2 is 1.86 bits per heavy atom. The first-order chi connectivity index (χ1) is 10.5. The molecule has 22 heavy (non-hydrogen) atoms. The number of benzene rings is 1. The number of carbonyl (C=O) groups is 1. The SMILES string of the molecule is Cc1nnc(CN(C)C(=O)c2cc3c(cc2C)OCCO3)o1. The molecule has 0 aliphatic carbocycles. The monoisotopic (exact) mass is 303 g/mol. The van der Waals surface area contributed by atoms with Gasteiger partial charge in [0.1, 0.15) is 13.2 Å². The van der Waals surface area contributed by atoms with Crippen molar-refractivity contribution < 1.29 is 18.7 Å². The molecular formula is C15H17N3O4. The molecule has 0 saturated carbocycles. The fraction of sp³-hybridized carbons (Fsp3) is 0.400. The Labute approximate surface area is 127 Å². The first-order valence-corrected chi connectivity index (χ1v) is 6.99. The normalized spacial score (nSPS) is 13.0. The third kappa shape index (κ3) is 2.74. The Morgan fingerprint density at radius 1 is 1.18 bits per heavy atom. The van der Waals surface area contributed by atoms with Gasteiger partial charge in [0.05, 0.1) is 6.54 Å². The molecule has 1 aromatic carbocycles. The minimum Gasteiger partial charge on any atom is -0.486 e. The van der Waals surface area contributed by atoms with Crippen molar-refractivity contribution in [2.75, 3.05) is 20.3 Å². The summed E-state index contributed by atoms with van der Waals surface area (Å²) >= 11 is 0. The summed E-state index contributed by atoms with van der Waals surface area (Å²) in [7, 11) is 1.69. The van der Waals surface area contributed by atoms with Crippen LogP contribution >= 0.6 is 0 Å². The van der Waals surface area contributed by atoms with Crippen molar-refractivity contribution in [3.8, 4) is 11.5 Å². The molecule has 1 aliphatic heterocycles. The lowest BCUT2D eigenvalue weighted by molar-refractivity contribution is 0.0770. The smallest absolute Gasteiger partial charge is 0.254 e. The van der Waals surface area contributed by atoms with E-state index in [1.807, 2.05) is 13.0 Å².